The summed E-state index contributed by atoms with van der Waals surface area (Å²) < 4.78 is 0. The van der Waals surface area contributed by atoms with E-state index >= 15 is 0 Å². The Kier molecular flexibility index (Phi) is 13.6. The van der Waals surface area contributed by atoms with Crippen LogP contribution in [0.2, 0.25) is 0 Å². The molecule has 0 heterocycles. The summed E-state index contributed by atoms with van der Waals surface area (Å²) in [6.45, 7) is 4.11. The van der Waals surface area contributed by atoms with Crippen molar-refractivity contribution in [2.75, 3.05) is 0 Å². The number of aromatic carboxylic acids is 2. The lowest BCUT2D eigenvalue weighted by atomic mass is 9.90. The summed E-state index contributed by atoms with van der Waals surface area (Å²) in [5, 5.41) is 34.8. The summed E-state index contributed by atoms with van der Waals surface area (Å²) in [4.78, 5) is 42.5. The van der Waals surface area contributed by atoms with Crippen LogP contribution in [0.1, 0.15) is 97.1 Å². The molecule has 8 nitrogen and oxygen atoms in total. The van der Waals surface area contributed by atoms with Crippen LogP contribution in [-0.4, -0.2) is 44.3 Å². The molecule has 30 heavy (non-hydrogen) atoms. The van der Waals surface area contributed by atoms with E-state index in [0.29, 0.717) is 24.8 Å². The molecule has 0 aliphatic carbocycles. The third-order valence-corrected chi connectivity index (χ3v) is 4.47. The van der Waals surface area contributed by atoms with Gasteiger partial charge in [0.25, 0.3) is 0 Å². The third-order valence-electron chi connectivity index (χ3n) is 4.47. The van der Waals surface area contributed by atoms with Crippen LogP contribution in [0, 0.1) is 0 Å². The van der Waals surface area contributed by atoms with Gasteiger partial charge in [-0.1, -0.05) is 32.8 Å². The number of rotatable bonds is 13. The first-order valence-corrected chi connectivity index (χ1v) is 10.2. The van der Waals surface area contributed by atoms with E-state index in [1.165, 1.54) is 6.07 Å². The standard InChI is InChI=1S/C16H22O4.C6H10O4/c1-3-5-7-11-9-10-13(15(17)18)14(16(19)20)12(11)8-6-4-2;7-5(8)3-1-2-4-6(9)10/h9-10H,3-8H2,1-2H3,(H,17,18)(H,19,20);1-4H2,(H,7,8)(H,9,10). The van der Waals surface area contributed by atoms with Gasteiger partial charge in [-0.3, -0.25) is 9.59 Å². The molecule has 0 saturated heterocycles. The average molecular weight is 424 g/mol. The van der Waals surface area contributed by atoms with Gasteiger partial charge in [-0.2, -0.15) is 0 Å². The first-order valence-electron chi connectivity index (χ1n) is 10.2. The van der Waals surface area contributed by atoms with Crippen LogP contribution >= 0.6 is 0 Å². The monoisotopic (exact) mass is 424 g/mol. The summed E-state index contributed by atoms with van der Waals surface area (Å²) >= 11 is 0. The van der Waals surface area contributed by atoms with E-state index in [-0.39, 0.29) is 24.0 Å². The van der Waals surface area contributed by atoms with E-state index in [0.717, 1.165) is 37.7 Å². The van der Waals surface area contributed by atoms with Gasteiger partial charge in [0.1, 0.15) is 0 Å². The van der Waals surface area contributed by atoms with E-state index in [4.69, 9.17) is 15.3 Å². The Morgan fingerprint density at radius 1 is 0.700 bits per heavy atom. The quantitative estimate of drug-likeness (QED) is 0.338. The largest absolute Gasteiger partial charge is 0.481 e. The number of carbonyl (C=O) groups is 4. The second kappa shape index (κ2) is 15.0. The van der Waals surface area contributed by atoms with Crippen LogP contribution in [0.5, 0.6) is 0 Å². The lowest BCUT2D eigenvalue weighted by Gasteiger charge is -2.14. The minimum Gasteiger partial charge on any atom is -0.481 e. The highest BCUT2D eigenvalue weighted by atomic mass is 16.4. The second-order valence-electron chi connectivity index (χ2n) is 6.94. The molecular formula is C22H32O8. The zero-order valence-corrected chi connectivity index (χ0v) is 17.6. The lowest BCUT2D eigenvalue weighted by molar-refractivity contribution is -0.139. The van der Waals surface area contributed by atoms with E-state index in [1.807, 2.05) is 6.92 Å². The van der Waals surface area contributed by atoms with Gasteiger partial charge in [0.05, 0.1) is 11.1 Å². The van der Waals surface area contributed by atoms with Crippen molar-refractivity contribution in [2.45, 2.75) is 78.1 Å². The Hall–Kier alpha value is -2.90. The molecule has 0 fully saturated rings. The van der Waals surface area contributed by atoms with Crippen LogP contribution in [-0.2, 0) is 22.4 Å². The highest BCUT2D eigenvalue weighted by Crippen LogP contribution is 2.24. The molecule has 0 saturated carbocycles. The molecule has 4 N–H and O–H groups in total. The minimum atomic E-state index is -1.18. The molecule has 0 amide bonds. The maximum absolute atomic E-state index is 11.5. The number of unbranched alkanes of at least 4 members (excludes halogenated alkanes) is 3. The Balaban J connectivity index is 0.000000710. The van der Waals surface area contributed by atoms with Crippen LogP contribution in [0.25, 0.3) is 0 Å². The van der Waals surface area contributed by atoms with Crippen LogP contribution in [0.15, 0.2) is 12.1 Å². The fraction of sp³-hybridized carbons (Fsp3) is 0.545. The molecule has 0 aliphatic heterocycles. The smallest absolute Gasteiger partial charge is 0.336 e. The van der Waals surface area contributed by atoms with Crippen molar-refractivity contribution < 1.29 is 39.6 Å². The van der Waals surface area contributed by atoms with Crippen molar-refractivity contribution in [2.24, 2.45) is 0 Å². The molecule has 1 rings (SSSR count). The van der Waals surface area contributed by atoms with Crippen LogP contribution in [0.4, 0.5) is 0 Å². The lowest BCUT2D eigenvalue weighted by Crippen LogP contribution is -2.14. The Bertz CT molecular complexity index is 708. The highest BCUT2D eigenvalue weighted by molar-refractivity contribution is 6.03. The first kappa shape index (κ1) is 27.1. The van der Waals surface area contributed by atoms with Crippen molar-refractivity contribution >= 4 is 23.9 Å². The molecule has 1 aromatic rings. The first-order chi connectivity index (χ1) is 14.1. The summed E-state index contributed by atoms with van der Waals surface area (Å²) in [5.41, 5.74) is 1.54. The van der Waals surface area contributed by atoms with Gasteiger partial charge in [0.15, 0.2) is 0 Å². The molecule has 0 aliphatic rings. The van der Waals surface area contributed by atoms with Crippen LogP contribution in [0.3, 0.4) is 0 Å². The molecule has 0 radical (unpaired) electrons. The molecule has 0 spiro atoms. The van der Waals surface area contributed by atoms with Gasteiger partial charge in [0.2, 0.25) is 0 Å². The summed E-state index contributed by atoms with van der Waals surface area (Å²) in [7, 11) is 0. The van der Waals surface area contributed by atoms with Crippen molar-refractivity contribution in [3.8, 4) is 0 Å². The van der Waals surface area contributed by atoms with E-state index in [1.54, 1.807) is 6.07 Å². The molecule has 8 heteroatoms. The second-order valence-corrected chi connectivity index (χ2v) is 6.94. The van der Waals surface area contributed by atoms with Gasteiger partial charge >= 0.3 is 23.9 Å². The number of carboxylic acid groups (broad SMARTS) is 4. The molecule has 0 bridgehead atoms. The SMILES string of the molecule is CCCCc1ccc(C(=O)O)c(C(=O)O)c1CCCC.O=C(O)CCCCC(=O)O. The Morgan fingerprint density at radius 3 is 1.60 bits per heavy atom. The molecule has 168 valence electrons. The van der Waals surface area contributed by atoms with Crippen molar-refractivity contribution in [3.05, 3.63) is 34.4 Å². The third kappa shape index (κ3) is 10.6. The Labute approximate surface area is 176 Å². The number of hydrogen-bond donors (Lipinski definition) is 4. The van der Waals surface area contributed by atoms with E-state index in [2.05, 4.69) is 6.92 Å². The predicted molar refractivity (Wildman–Crippen MR) is 111 cm³/mol. The number of hydrogen-bond acceptors (Lipinski definition) is 4. The van der Waals surface area contributed by atoms with Gasteiger partial charge < -0.3 is 20.4 Å². The average Bonchev–Trinajstić information content (AvgIpc) is 2.67. The van der Waals surface area contributed by atoms with Gasteiger partial charge in [0, 0.05) is 12.8 Å². The summed E-state index contributed by atoms with van der Waals surface area (Å²) in [5.74, 6) is -4.06. The zero-order chi connectivity index (χ0) is 23.1. The number of benzene rings is 1. The zero-order valence-electron chi connectivity index (χ0n) is 17.6. The number of carboxylic acids is 4. The van der Waals surface area contributed by atoms with Crippen molar-refractivity contribution in [1.82, 2.24) is 0 Å². The fourth-order valence-corrected chi connectivity index (χ4v) is 2.91. The van der Waals surface area contributed by atoms with E-state index in [9.17, 15) is 24.3 Å². The summed E-state index contributed by atoms with van der Waals surface area (Å²) in [6, 6.07) is 3.20. The van der Waals surface area contributed by atoms with Gasteiger partial charge in [-0.05, 0) is 55.7 Å². The summed E-state index contributed by atoms with van der Waals surface area (Å²) in [6.07, 6.45) is 6.25. The molecule has 1 aromatic carbocycles. The van der Waals surface area contributed by atoms with Crippen molar-refractivity contribution in [3.63, 3.8) is 0 Å². The molecular weight excluding hydrogens is 392 g/mol. The van der Waals surface area contributed by atoms with Crippen molar-refractivity contribution in [1.29, 1.82) is 0 Å². The normalized spacial score (nSPS) is 10.1. The topological polar surface area (TPSA) is 149 Å². The highest BCUT2D eigenvalue weighted by Gasteiger charge is 2.22. The number of aryl methyl sites for hydroxylation is 1. The predicted octanol–water partition coefficient (Wildman–Crippen LogP) is 4.48. The maximum Gasteiger partial charge on any atom is 0.336 e. The van der Waals surface area contributed by atoms with E-state index < -0.39 is 23.9 Å². The van der Waals surface area contributed by atoms with Crippen LogP contribution < -0.4 is 0 Å². The fourth-order valence-electron chi connectivity index (χ4n) is 2.91. The molecule has 0 aromatic heterocycles. The number of aliphatic carboxylic acids is 2. The molecule has 0 atom stereocenters. The van der Waals surface area contributed by atoms with Gasteiger partial charge in [-0.25, -0.2) is 9.59 Å². The Morgan fingerprint density at radius 2 is 1.20 bits per heavy atom. The molecule has 0 unspecified atom stereocenters. The minimum absolute atomic E-state index is 0.0282. The maximum atomic E-state index is 11.5. The van der Waals surface area contributed by atoms with Gasteiger partial charge in [-0.15, -0.1) is 0 Å².